The lowest BCUT2D eigenvalue weighted by molar-refractivity contribution is -0.138. The van der Waals surface area contributed by atoms with Crippen LogP contribution < -0.4 is 10.5 Å². The SMILES string of the molecule is NC(=O)c1cnc(Oc2ccccc2C(F)(F)F)nc1. The van der Waals surface area contributed by atoms with E-state index in [0.29, 0.717) is 0 Å². The molecule has 0 fully saturated rings. The van der Waals surface area contributed by atoms with Crippen LogP contribution in [0.1, 0.15) is 15.9 Å². The fraction of sp³-hybridized carbons (Fsp3) is 0.0833. The summed E-state index contributed by atoms with van der Waals surface area (Å²) in [6, 6.07) is 4.35. The van der Waals surface area contributed by atoms with E-state index < -0.39 is 23.4 Å². The zero-order valence-corrected chi connectivity index (χ0v) is 9.89. The quantitative estimate of drug-likeness (QED) is 0.938. The van der Waals surface area contributed by atoms with Crippen LogP contribution in [0.15, 0.2) is 36.7 Å². The molecule has 1 amide bonds. The number of rotatable bonds is 3. The Balaban J connectivity index is 2.28. The second-order valence-corrected chi connectivity index (χ2v) is 3.71. The van der Waals surface area contributed by atoms with Crippen molar-refractivity contribution in [3.8, 4) is 11.8 Å². The number of alkyl halides is 3. The first-order chi connectivity index (χ1) is 9.38. The number of amides is 1. The van der Waals surface area contributed by atoms with Crippen LogP contribution in [0.25, 0.3) is 0 Å². The summed E-state index contributed by atoms with van der Waals surface area (Å²) >= 11 is 0. The number of aromatic nitrogens is 2. The molecule has 0 aliphatic heterocycles. The van der Waals surface area contributed by atoms with Gasteiger partial charge in [-0.15, -0.1) is 0 Å². The van der Waals surface area contributed by atoms with Crippen LogP contribution in [0.2, 0.25) is 0 Å². The third kappa shape index (κ3) is 3.02. The normalized spacial score (nSPS) is 11.2. The fourth-order valence-corrected chi connectivity index (χ4v) is 1.38. The summed E-state index contributed by atoms with van der Waals surface area (Å²) in [7, 11) is 0. The minimum absolute atomic E-state index is 0.0291. The van der Waals surface area contributed by atoms with Gasteiger partial charge in [0.2, 0.25) is 0 Å². The number of benzene rings is 1. The Morgan fingerprint density at radius 1 is 1.15 bits per heavy atom. The number of nitrogens with zero attached hydrogens (tertiary/aromatic N) is 2. The molecule has 0 aliphatic rings. The van der Waals surface area contributed by atoms with Crippen molar-refractivity contribution < 1.29 is 22.7 Å². The first-order valence-corrected chi connectivity index (χ1v) is 5.34. The number of nitrogens with two attached hydrogens (primary N) is 1. The van der Waals surface area contributed by atoms with Gasteiger partial charge in [0.05, 0.1) is 11.1 Å². The number of carbonyl (C=O) groups excluding carboxylic acids is 1. The summed E-state index contributed by atoms with van der Waals surface area (Å²) in [6.07, 6.45) is -2.41. The van der Waals surface area contributed by atoms with Crippen molar-refractivity contribution in [1.82, 2.24) is 9.97 Å². The van der Waals surface area contributed by atoms with Gasteiger partial charge in [-0.05, 0) is 12.1 Å². The highest BCUT2D eigenvalue weighted by molar-refractivity contribution is 5.92. The van der Waals surface area contributed by atoms with E-state index in [4.69, 9.17) is 10.5 Å². The van der Waals surface area contributed by atoms with Gasteiger partial charge in [-0.2, -0.15) is 13.2 Å². The van der Waals surface area contributed by atoms with E-state index in [1.165, 1.54) is 12.1 Å². The van der Waals surface area contributed by atoms with Crippen molar-refractivity contribution in [2.45, 2.75) is 6.18 Å². The van der Waals surface area contributed by atoms with Gasteiger partial charge in [0.15, 0.2) is 0 Å². The van der Waals surface area contributed by atoms with Crippen molar-refractivity contribution in [3.63, 3.8) is 0 Å². The second-order valence-electron chi connectivity index (χ2n) is 3.71. The summed E-state index contributed by atoms with van der Waals surface area (Å²) < 4.78 is 43.2. The fourth-order valence-electron chi connectivity index (χ4n) is 1.38. The van der Waals surface area contributed by atoms with Crippen LogP contribution in [0.4, 0.5) is 13.2 Å². The molecule has 2 rings (SSSR count). The van der Waals surface area contributed by atoms with E-state index in [0.717, 1.165) is 24.5 Å². The summed E-state index contributed by atoms with van der Waals surface area (Å²) in [5.74, 6) is -1.17. The van der Waals surface area contributed by atoms with Crippen LogP contribution in [-0.4, -0.2) is 15.9 Å². The molecule has 5 nitrogen and oxygen atoms in total. The Labute approximate surface area is 111 Å². The van der Waals surface area contributed by atoms with Crippen molar-refractivity contribution in [1.29, 1.82) is 0 Å². The van der Waals surface area contributed by atoms with Crippen molar-refractivity contribution >= 4 is 5.91 Å². The Morgan fingerprint density at radius 3 is 2.30 bits per heavy atom. The standard InChI is InChI=1S/C12H8F3N3O2/c13-12(14,15)8-3-1-2-4-9(8)20-11-17-5-7(6-18-11)10(16)19/h1-6H,(H2,16,19). The highest BCUT2D eigenvalue weighted by Gasteiger charge is 2.34. The number of hydrogen-bond acceptors (Lipinski definition) is 4. The van der Waals surface area contributed by atoms with E-state index >= 15 is 0 Å². The topological polar surface area (TPSA) is 78.1 Å². The van der Waals surface area contributed by atoms with E-state index in [1.807, 2.05) is 0 Å². The molecule has 104 valence electrons. The minimum atomic E-state index is -4.55. The summed E-state index contributed by atoms with van der Waals surface area (Å²) in [4.78, 5) is 18.0. The molecule has 0 saturated carbocycles. The molecule has 0 aliphatic carbocycles. The predicted molar refractivity (Wildman–Crippen MR) is 62.1 cm³/mol. The maximum absolute atomic E-state index is 12.7. The number of ether oxygens (including phenoxy) is 1. The lowest BCUT2D eigenvalue weighted by atomic mass is 10.2. The maximum Gasteiger partial charge on any atom is 0.419 e. The van der Waals surface area contributed by atoms with Crippen LogP contribution in [0.3, 0.4) is 0 Å². The Morgan fingerprint density at radius 2 is 1.75 bits per heavy atom. The summed E-state index contributed by atoms with van der Waals surface area (Å²) in [6.45, 7) is 0. The molecule has 2 aromatic rings. The molecule has 1 aromatic carbocycles. The minimum Gasteiger partial charge on any atom is -0.424 e. The first kappa shape index (κ1) is 13.8. The number of hydrogen-bond donors (Lipinski definition) is 1. The highest BCUT2D eigenvalue weighted by Crippen LogP contribution is 2.37. The van der Waals surface area contributed by atoms with Crippen LogP contribution in [-0.2, 0) is 6.18 Å². The first-order valence-electron chi connectivity index (χ1n) is 5.34. The van der Waals surface area contributed by atoms with Crippen LogP contribution >= 0.6 is 0 Å². The lowest BCUT2D eigenvalue weighted by Crippen LogP contribution is -2.12. The smallest absolute Gasteiger partial charge is 0.419 e. The van der Waals surface area contributed by atoms with Gasteiger partial charge >= 0.3 is 12.2 Å². The average molecular weight is 283 g/mol. The predicted octanol–water partition coefficient (Wildman–Crippen LogP) is 2.39. The largest absolute Gasteiger partial charge is 0.424 e. The number of para-hydroxylation sites is 1. The van der Waals surface area contributed by atoms with Gasteiger partial charge < -0.3 is 10.5 Å². The Bertz CT molecular complexity index is 627. The third-order valence-electron chi connectivity index (χ3n) is 2.31. The van der Waals surface area contributed by atoms with Crippen LogP contribution in [0, 0.1) is 0 Å². The maximum atomic E-state index is 12.7. The monoisotopic (exact) mass is 283 g/mol. The van der Waals surface area contributed by atoms with Crippen LogP contribution in [0.5, 0.6) is 11.8 Å². The van der Waals surface area contributed by atoms with Gasteiger partial charge in [0.1, 0.15) is 5.75 Å². The molecular formula is C12H8F3N3O2. The van der Waals surface area contributed by atoms with E-state index in [9.17, 15) is 18.0 Å². The molecular weight excluding hydrogens is 275 g/mol. The van der Waals surface area contributed by atoms with Gasteiger partial charge in [-0.3, -0.25) is 4.79 Å². The summed E-state index contributed by atoms with van der Waals surface area (Å²) in [5.41, 5.74) is 4.08. The van der Waals surface area contributed by atoms with Gasteiger partial charge in [-0.25, -0.2) is 9.97 Å². The molecule has 0 radical (unpaired) electrons. The zero-order chi connectivity index (χ0) is 14.8. The number of primary amides is 1. The molecule has 0 unspecified atom stereocenters. The molecule has 0 saturated heterocycles. The molecule has 8 heteroatoms. The Kier molecular flexibility index (Phi) is 3.55. The zero-order valence-electron chi connectivity index (χ0n) is 9.89. The number of carbonyl (C=O) groups is 1. The van der Waals surface area contributed by atoms with Gasteiger partial charge in [0.25, 0.3) is 5.91 Å². The van der Waals surface area contributed by atoms with E-state index in [1.54, 1.807) is 0 Å². The molecule has 20 heavy (non-hydrogen) atoms. The molecule has 1 aromatic heterocycles. The molecule has 0 bridgehead atoms. The number of halogens is 3. The molecule has 2 N–H and O–H groups in total. The summed E-state index contributed by atoms with van der Waals surface area (Å²) in [5, 5.41) is 0. The van der Waals surface area contributed by atoms with Crippen molar-refractivity contribution in [3.05, 3.63) is 47.8 Å². The Hall–Kier alpha value is -2.64. The van der Waals surface area contributed by atoms with Gasteiger partial charge in [0, 0.05) is 12.4 Å². The second kappa shape index (κ2) is 5.16. The van der Waals surface area contributed by atoms with Crippen molar-refractivity contribution in [2.75, 3.05) is 0 Å². The van der Waals surface area contributed by atoms with E-state index in [2.05, 4.69) is 9.97 Å². The molecule has 1 heterocycles. The highest BCUT2D eigenvalue weighted by atomic mass is 19.4. The average Bonchev–Trinajstić information content (AvgIpc) is 2.38. The van der Waals surface area contributed by atoms with Crippen molar-refractivity contribution in [2.24, 2.45) is 5.73 Å². The van der Waals surface area contributed by atoms with E-state index in [-0.39, 0.29) is 11.6 Å². The molecule has 0 spiro atoms. The molecule has 0 atom stereocenters. The van der Waals surface area contributed by atoms with Gasteiger partial charge in [-0.1, -0.05) is 12.1 Å². The lowest BCUT2D eigenvalue weighted by Gasteiger charge is -2.12. The third-order valence-corrected chi connectivity index (χ3v) is 2.31.